The van der Waals surface area contributed by atoms with Gasteiger partial charge in [0.15, 0.2) is 11.5 Å². The van der Waals surface area contributed by atoms with Crippen LogP contribution in [0.1, 0.15) is 16.8 Å². The third kappa shape index (κ3) is 4.89. The molecule has 0 atom stereocenters. The van der Waals surface area contributed by atoms with Gasteiger partial charge in [0.2, 0.25) is 5.91 Å². The number of carbonyl (C=O) groups excluding carboxylic acids is 2. The summed E-state index contributed by atoms with van der Waals surface area (Å²) in [6.07, 6.45) is 0.226. The number of rotatable bonds is 8. The number of amides is 1. The first kappa shape index (κ1) is 19.1. The summed E-state index contributed by atoms with van der Waals surface area (Å²) in [4.78, 5) is 23.9. The van der Waals surface area contributed by atoms with Gasteiger partial charge in [0.25, 0.3) is 0 Å². The summed E-state index contributed by atoms with van der Waals surface area (Å²) in [6.45, 7) is 0.418. The second-order valence-corrected chi connectivity index (χ2v) is 5.33. The lowest BCUT2D eigenvalue weighted by molar-refractivity contribution is -0.115. The molecule has 0 unspecified atom stereocenters. The lowest BCUT2D eigenvalue weighted by Crippen LogP contribution is -2.18. The first-order valence-corrected chi connectivity index (χ1v) is 8.02. The Kier molecular flexibility index (Phi) is 6.84. The van der Waals surface area contributed by atoms with Crippen LogP contribution >= 0.6 is 0 Å². The number of methoxy groups -OCH3 is 3. The fourth-order valence-corrected chi connectivity index (χ4v) is 2.36. The Labute approximate surface area is 152 Å². The van der Waals surface area contributed by atoms with E-state index in [1.165, 1.54) is 7.11 Å². The quantitative estimate of drug-likeness (QED) is 0.706. The maximum atomic E-state index is 12.1. The van der Waals surface area contributed by atoms with E-state index >= 15 is 0 Å². The van der Waals surface area contributed by atoms with Crippen molar-refractivity contribution in [1.82, 2.24) is 0 Å². The topological polar surface area (TPSA) is 85.9 Å². The van der Waals surface area contributed by atoms with Crippen molar-refractivity contribution in [1.29, 1.82) is 0 Å². The van der Waals surface area contributed by atoms with Gasteiger partial charge in [-0.15, -0.1) is 0 Å². The van der Waals surface area contributed by atoms with E-state index in [0.29, 0.717) is 29.3 Å². The van der Waals surface area contributed by atoms with Gasteiger partial charge in [-0.3, -0.25) is 4.79 Å². The standard InChI is InChI=1S/C19H22N2O5/c1-24-16-9-8-13(12-17(16)25-2)20-11-10-18(22)21-15-7-5-4-6-14(15)19(23)26-3/h4-9,12,20H,10-11H2,1-3H3,(H,21,22). The lowest BCUT2D eigenvalue weighted by atomic mass is 10.1. The summed E-state index contributed by atoms with van der Waals surface area (Å²) < 4.78 is 15.1. The van der Waals surface area contributed by atoms with Crippen molar-refractivity contribution >= 4 is 23.3 Å². The second-order valence-electron chi connectivity index (χ2n) is 5.33. The van der Waals surface area contributed by atoms with Crippen LogP contribution in [0.5, 0.6) is 11.5 Å². The number of hydrogen-bond donors (Lipinski definition) is 2. The van der Waals surface area contributed by atoms with Crippen molar-refractivity contribution in [3.8, 4) is 11.5 Å². The number of carbonyl (C=O) groups is 2. The molecule has 26 heavy (non-hydrogen) atoms. The van der Waals surface area contributed by atoms with E-state index in [-0.39, 0.29) is 12.3 Å². The predicted molar refractivity (Wildman–Crippen MR) is 99.1 cm³/mol. The van der Waals surface area contributed by atoms with E-state index in [2.05, 4.69) is 10.6 Å². The Bertz CT molecular complexity index is 776. The highest BCUT2D eigenvalue weighted by molar-refractivity contribution is 6.01. The normalized spacial score (nSPS) is 9.96. The Hall–Kier alpha value is -3.22. The predicted octanol–water partition coefficient (Wildman–Crippen LogP) is 2.93. The number of esters is 1. The fraction of sp³-hybridized carbons (Fsp3) is 0.263. The van der Waals surface area contributed by atoms with Crippen molar-refractivity contribution in [3.63, 3.8) is 0 Å². The lowest BCUT2D eigenvalue weighted by Gasteiger charge is -2.12. The number of nitrogens with one attached hydrogen (secondary N) is 2. The maximum Gasteiger partial charge on any atom is 0.339 e. The molecule has 7 heteroatoms. The third-order valence-electron chi connectivity index (χ3n) is 3.67. The molecule has 0 aliphatic rings. The zero-order valence-corrected chi connectivity index (χ0v) is 15.0. The van der Waals surface area contributed by atoms with Crippen molar-refractivity contribution in [2.75, 3.05) is 38.5 Å². The largest absolute Gasteiger partial charge is 0.493 e. The zero-order chi connectivity index (χ0) is 18.9. The first-order valence-electron chi connectivity index (χ1n) is 8.02. The number of benzene rings is 2. The fourth-order valence-electron chi connectivity index (χ4n) is 2.36. The molecule has 0 saturated heterocycles. The van der Waals surface area contributed by atoms with E-state index in [1.807, 2.05) is 6.07 Å². The van der Waals surface area contributed by atoms with Crippen LogP contribution in [0, 0.1) is 0 Å². The van der Waals surface area contributed by atoms with Crippen LogP contribution in [-0.2, 0) is 9.53 Å². The van der Waals surface area contributed by atoms with Gasteiger partial charge < -0.3 is 24.8 Å². The van der Waals surface area contributed by atoms with E-state index in [4.69, 9.17) is 14.2 Å². The summed E-state index contributed by atoms with van der Waals surface area (Å²) in [5, 5.41) is 5.88. The maximum absolute atomic E-state index is 12.1. The van der Waals surface area contributed by atoms with Gasteiger partial charge in [-0.2, -0.15) is 0 Å². The van der Waals surface area contributed by atoms with Gasteiger partial charge in [0.1, 0.15) is 0 Å². The van der Waals surface area contributed by atoms with Gasteiger partial charge in [-0.05, 0) is 24.3 Å². The molecule has 2 aromatic carbocycles. The minimum absolute atomic E-state index is 0.214. The van der Waals surface area contributed by atoms with Crippen molar-refractivity contribution in [3.05, 3.63) is 48.0 Å². The summed E-state index contributed by atoms with van der Waals surface area (Å²) in [5.41, 5.74) is 1.55. The molecule has 2 N–H and O–H groups in total. The Morgan fingerprint density at radius 3 is 2.38 bits per heavy atom. The van der Waals surface area contributed by atoms with Crippen LogP contribution in [0.2, 0.25) is 0 Å². The second kappa shape index (κ2) is 9.31. The highest BCUT2D eigenvalue weighted by atomic mass is 16.5. The molecule has 0 spiro atoms. The average molecular weight is 358 g/mol. The SMILES string of the molecule is COC(=O)c1ccccc1NC(=O)CCNc1ccc(OC)c(OC)c1. The zero-order valence-electron chi connectivity index (χ0n) is 15.0. The van der Waals surface area contributed by atoms with E-state index in [1.54, 1.807) is 50.6 Å². The molecule has 0 aliphatic carbocycles. The van der Waals surface area contributed by atoms with Gasteiger partial charge in [-0.25, -0.2) is 4.79 Å². The molecule has 7 nitrogen and oxygen atoms in total. The van der Waals surface area contributed by atoms with Gasteiger partial charge in [0.05, 0.1) is 32.6 Å². The van der Waals surface area contributed by atoms with Crippen molar-refractivity contribution < 1.29 is 23.8 Å². The molecule has 0 saturated carbocycles. The first-order chi connectivity index (χ1) is 12.6. The molecule has 1 amide bonds. The molecule has 0 aromatic heterocycles. The number of para-hydroxylation sites is 1. The highest BCUT2D eigenvalue weighted by Crippen LogP contribution is 2.29. The van der Waals surface area contributed by atoms with E-state index in [0.717, 1.165) is 5.69 Å². The van der Waals surface area contributed by atoms with Crippen LogP contribution in [-0.4, -0.2) is 39.8 Å². The third-order valence-corrected chi connectivity index (χ3v) is 3.67. The molecule has 2 aromatic rings. The molecule has 138 valence electrons. The molecule has 0 aliphatic heterocycles. The minimum Gasteiger partial charge on any atom is -0.493 e. The van der Waals surface area contributed by atoms with E-state index < -0.39 is 5.97 Å². The van der Waals surface area contributed by atoms with Crippen LogP contribution in [0.25, 0.3) is 0 Å². The average Bonchev–Trinajstić information content (AvgIpc) is 2.67. The highest BCUT2D eigenvalue weighted by Gasteiger charge is 2.13. The van der Waals surface area contributed by atoms with Crippen LogP contribution in [0.3, 0.4) is 0 Å². The molecule has 0 heterocycles. The molecular weight excluding hydrogens is 336 g/mol. The Morgan fingerprint density at radius 2 is 1.69 bits per heavy atom. The molecule has 0 bridgehead atoms. The molecular formula is C19H22N2O5. The molecule has 0 radical (unpaired) electrons. The van der Waals surface area contributed by atoms with Gasteiger partial charge in [-0.1, -0.05) is 12.1 Å². The Morgan fingerprint density at radius 1 is 0.962 bits per heavy atom. The Balaban J connectivity index is 1.91. The molecule has 2 rings (SSSR count). The molecule has 0 fully saturated rings. The van der Waals surface area contributed by atoms with Crippen LogP contribution in [0.4, 0.5) is 11.4 Å². The smallest absolute Gasteiger partial charge is 0.339 e. The van der Waals surface area contributed by atoms with E-state index in [9.17, 15) is 9.59 Å². The summed E-state index contributed by atoms with van der Waals surface area (Å²) in [7, 11) is 4.43. The number of anilines is 2. The van der Waals surface area contributed by atoms with Crippen molar-refractivity contribution in [2.45, 2.75) is 6.42 Å². The van der Waals surface area contributed by atoms with Crippen molar-refractivity contribution in [2.24, 2.45) is 0 Å². The van der Waals surface area contributed by atoms with Gasteiger partial charge in [0, 0.05) is 24.7 Å². The summed E-state index contributed by atoms with van der Waals surface area (Å²) in [5.74, 6) is 0.530. The monoisotopic (exact) mass is 358 g/mol. The van der Waals surface area contributed by atoms with Gasteiger partial charge >= 0.3 is 5.97 Å². The minimum atomic E-state index is -0.496. The number of hydrogen-bond acceptors (Lipinski definition) is 6. The summed E-state index contributed by atoms with van der Waals surface area (Å²) in [6, 6.07) is 12.1. The summed E-state index contributed by atoms with van der Waals surface area (Å²) >= 11 is 0. The van der Waals surface area contributed by atoms with Crippen LogP contribution < -0.4 is 20.1 Å². The number of ether oxygens (including phenoxy) is 3. The van der Waals surface area contributed by atoms with Crippen LogP contribution in [0.15, 0.2) is 42.5 Å².